The van der Waals surface area contributed by atoms with E-state index in [1.807, 2.05) is 0 Å². The van der Waals surface area contributed by atoms with Crippen molar-refractivity contribution in [1.29, 1.82) is 0 Å². The summed E-state index contributed by atoms with van der Waals surface area (Å²) in [5.41, 5.74) is 3.88. The number of carbonyl (C=O) groups is 1. The van der Waals surface area contributed by atoms with Crippen LogP contribution in [0.4, 0.5) is 4.39 Å². The molecule has 4 rings (SSSR count). The molecule has 2 fully saturated rings. The van der Waals surface area contributed by atoms with Crippen molar-refractivity contribution in [1.82, 2.24) is 15.3 Å². The molecule has 1 saturated heterocycles. The van der Waals surface area contributed by atoms with Crippen LogP contribution in [0.15, 0.2) is 12.1 Å². The van der Waals surface area contributed by atoms with Gasteiger partial charge in [0.15, 0.2) is 0 Å². The summed E-state index contributed by atoms with van der Waals surface area (Å²) >= 11 is 0. The molecule has 1 aromatic carbocycles. The van der Waals surface area contributed by atoms with Gasteiger partial charge >= 0.3 is 0 Å². The third-order valence-electron chi connectivity index (χ3n) is 5.74. The number of hydroxylamine groups is 1. The molecular weight excluding hydrogens is 297 g/mol. The Morgan fingerprint density at radius 3 is 2.78 bits per heavy atom. The molecule has 2 heterocycles. The normalized spacial score (nSPS) is 24.0. The van der Waals surface area contributed by atoms with Crippen molar-refractivity contribution < 1.29 is 14.4 Å². The summed E-state index contributed by atoms with van der Waals surface area (Å²) < 4.78 is 14.2. The van der Waals surface area contributed by atoms with E-state index in [1.54, 1.807) is 11.5 Å². The quantitative estimate of drug-likeness (QED) is 0.639. The van der Waals surface area contributed by atoms with Gasteiger partial charge in [-0.2, -0.15) is 0 Å². The topological polar surface area (TPSA) is 55.8 Å². The Labute approximate surface area is 135 Å². The minimum Gasteiger partial charge on any atom is -0.305 e. The zero-order chi connectivity index (χ0) is 16.2. The van der Waals surface area contributed by atoms with Crippen molar-refractivity contribution in [3.05, 3.63) is 34.6 Å². The largest absolute Gasteiger partial charge is 0.305 e. The highest BCUT2D eigenvalue weighted by Crippen LogP contribution is 2.50. The lowest BCUT2D eigenvalue weighted by Gasteiger charge is -2.61. The Balaban J connectivity index is 1.48. The van der Waals surface area contributed by atoms with Gasteiger partial charge in [-0.05, 0) is 55.0 Å². The van der Waals surface area contributed by atoms with E-state index in [9.17, 15) is 9.18 Å². The first-order valence-corrected chi connectivity index (χ1v) is 8.18. The Bertz CT molecular complexity index is 649. The number of fused-ring (bicyclic) bond motifs is 1. The molecular formula is C17H22FN3O2. The average molecular weight is 319 g/mol. The zero-order valence-corrected chi connectivity index (χ0v) is 13.3. The first-order chi connectivity index (χ1) is 11.0. The van der Waals surface area contributed by atoms with Crippen LogP contribution in [-0.4, -0.2) is 53.6 Å². The van der Waals surface area contributed by atoms with Crippen molar-refractivity contribution in [2.45, 2.75) is 31.8 Å². The molecule has 0 unspecified atom stereocenters. The molecule has 1 aromatic rings. The summed E-state index contributed by atoms with van der Waals surface area (Å²) in [6.07, 6.45) is 3.14. The molecule has 0 bridgehead atoms. The van der Waals surface area contributed by atoms with E-state index >= 15 is 0 Å². The van der Waals surface area contributed by atoms with Gasteiger partial charge in [-0.1, -0.05) is 0 Å². The van der Waals surface area contributed by atoms with Gasteiger partial charge in [0.1, 0.15) is 5.82 Å². The minimum absolute atomic E-state index is 0.177. The monoisotopic (exact) mass is 319 g/mol. The Morgan fingerprint density at radius 2 is 2.13 bits per heavy atom. The lowest BCUT2D eigenvalue weighted by atomic mass is 9.60. The summed E-state index contributed by atoms with van der Waals surface area (Å²) in [6, 6.07) is 3.50. The number of halogens is 1. The number of amides is 1. The number of hydrogen-bond acceptors (Lipinski definition) is 4. The molecule has 124 valence electrons. The first-order valence-electron chi connectivity index (χ1n) is 8.18. The standard InChI is InChI=1S/C17H22FN3O2/c1-20-9-17(10-20)6-13(7-17)21-3-2-14-12(8-21)4-11(5-15(14)18)16(22)19-23/h4-5,13,23H,2-3,6-10H2,1H3,(H,19,22). The highest BCUT2D eigenvalue weighted by Gasteiger charge is 2.52. The molecule has 6 heteroatoms. The Kier molecular flexibility index (Phi) is 3.44. The Hall–Kier alpha value is -1.50. The van der Waals surface area contributed by atoms with E-state index < -0.39 is 5.91 Å². The molecule has 23 heavy (non-hydrogen) atoms. The molecule has 3 aliphatic rings. The number of hydrogen-bond donors (Lipinski definition) is 2. The predicted octanol–water partition coefficient (Wildman–Crippen LogP) is 1.40. The third kappa shape index (κ3) is 2.45. The molecule has 2 N–H and O–H groups in total. The van der Waals surface area contributed by atoms with E-state index in [0.717, 1.165) is 12.1 Å². The molecule has 1 amide bonds. The van der Waals surface area contributed by atoms with Crippen LogP contribution >= 0.6 is 0 Å². The summed E-state index contributed by atoms with van der Waals surface area (Å²) in [4.78, 5) is 16.3. The van der Waals surface area contributed by atoms with E-state index in [2.05, 4.69) is 16.8 Å². The molecule has 0 atom stereocenters. The third-order valence-corrected chi connectivity index (χ3v) is 5.74. The van der Waals surface area contributed by atoms with Crippen LogP contribution < -0.4 is 5.48 Å². The van der Waals surface area contributed by atoms with Crippen LogP contribution in [0.2, 0.25) is 0 Å². The van der Waals surface area contributed by atoms with Gasteiger partial charge in [-0.15, -0.1) is 0 Å². The molecule has 1 saturated carbocycles. The number of nitrogens with zero attached hydrogens (tertiary/aromatic N) is 2. The lowest BCUT2D eigenvalue weighted by Crippen LogP contribution is -2.65. The second-order valence-corrected chi connectivity index (χ2v) is 7.49. The SMILES string of the molecule is CN1CC2(CC(N3CCc4c(F)cc(C(=O)NO)cc4C3)C2)C1. The van der Waals surface area contributed by atoms with Crippen LogP contribution in [0, 0.1) is 11.2 Å². The van der Waals surface area contributed by atoms with Gasteiger partial charge in [0.25, 0.3) is 5.91 Å². The molecule has 1 spiro atoms. The van der Waals surface area contributed by atoms with Crippen LogP contribution in [0.3, 0.4) is 0 Å². The average Bonchev–Trinajstić information content (AvgIpc) is 2.47. The molecule has 0 aromatic heterocycles. The minimum atomic E-state index is -0.663. The maximum absolute atomic E-state index is 14.2. The van der Waals surface area contributed by atoms with Crippen molar-refractivity contribution in [3.63, 3.8) is 0 Å². The molecule has 1 aliphatic carbocycles. The second-order valence-electron chi connectivity index (χ2n) is 7.49. The number of likely N-dealkylation sites (tertiary alicyclic amines) is 1. The molecule has 5 nitrogen and oxygen atoms in total. The fourth-order valence-electron chi connectivity index (χ4n) is 4.73. The molecule has 0 radical (unpaired) electrons. The van der Waals surface area contributed by atoms with Gasteiger partial charge in [-0.3, -0.25) is 14.9 Å². The van der Waals surface area contributed by atoms with E-state index in [1.165, 1.54) is 32.0 Å². The maximum atomic E-state index is 14.2. The smallest absolute Gasteiger partial charge is 0.274 e. The van der Waals surface area contributed by atoms with E-state index in [4.69, 9.17) is 5.21 Å². The van der Waals surface area contributed by atoms with Gasteiger partial charge in [0, 0.05) is 37.8 Å². The van der Waals surface area contributed by atoms with Crippen LogP contribution in [0.1, 0.15) is 34.3 Å². The molecule has 2 aliphatic heterocycles. The van der Waals surface area contributed by atoms with Gasteiger partial charge in [0.05, 0.1) is 0 Å². The lowest BCUT2D eigenvalue weighted by molar-refractivity contribution is -0.101. The summed E-state index contributed by atoms with van der Waals surface area (Å²) in [5.74, 6) is -1.00. The van der Waals surface area contributed by atoms with Gasteiger partial charge in [-0.25, -0.2) is 9.87 Å². The number of benzene rings is 1. The number of rotatable bonds is 2. The fraction of sp³-hybridized carbons (Fsp3) is 0.588. The summed E-state index contributed by atoms with van der Waals surface area (Å²) in [5, 5.41) is 8.75. The van der Waals surface area contributed by atoms with Crippen LogP contribution in [0.5, 0.6) is 0 Å². The fourth-order valence-corrected chi connectivity index (χ4v) is 4.73. The predicted molar refractivity (Wildman–Crippen MR) is 82.7 cm³/mol. The summed E-state index contributed by atoms with van der Waals surface area (Å²) in [7, 11) is 2.16. The highest BCUT2D eigenvalue weighted by molar-refractivity contribution is 5.93. The number of nitrogens with one attached hydrogen (secondary N) is 1. The van der Waals surface area contributed by atoms with Crippen LogP contribution in [0.25, 0.3) is 0 Å². The number of carbonyl (C=O) groups excluding carboxylic acids is 1. The van der Waals surface area contributed by atoms with E-state index in [-0.39, 0.29) is 11.4 Å². The maximum Gasteiger partial charge on any atom is 0.274 e. The van der Waals surface area contributed by atoms with Crippen molar-refractivity contribution in [3.8, 4) is 0 Å². The van der Waals surface area contributed by atoms with Crippen molar-refractivity contribution >= 4 is 5.91 Å². The van der Waals surface area contributed by atoms with Crippen LogP contribution in [-0.2, 0) is 13.0 Å². The van der Waals surface area contributed by atoms with E-state index in [0.29, 0.717) is 30.0 Å². The second kappa shape index (κ2) is 5.26. The van der Waals surface area contributed by atoms with Crippen molar-refractivity contribution in [2.24, 2.45) is 5.41 Å². The zero-order valence-electron chi connectivity index (χ0n) is 13.3. The highest BCUT2D eigenvalue weighted by atomic mass is 19.1. The van der Waals surface area contributed by atoms with Gasteiger partial charge < -0.3 is 4.90 Å². The summed E-state index contributed by atoms with van der Waals surface area (Å²) in [6.45, 7) is 3.97. The van der Waals surface area contributed by atoms with Crippen molar-refractivity contribution in [2.75, 3.05) is 26.7 Å². The Morgan fingerprint density at radius 1 is 1.39 bits per heavy atom. The first kappa shape index (κ1) is 15.1. The van der Waals surface area contributed by atoms with Gasteiger partial charge in [0.2, 0.25) is 0 Å².